The van der Waals surface area contributed by atoms with Crippen molar-refractivity contribution in [3.63, 3.8) is 0 Å². The molecule has 1 amide bonds. The topological polar surface area (TPSA) is 82.2 Å². The summed E-state index contributed by atoms with van der Waals surface area (Å²) in [6, 6.07) is 0. The number of nitrogens with two attached hydrogens (primary N) is 1. The summed E-state index contributed by atoms with van der Waals surface area (Å²) in [4.78, 5) is 11.6. The maximum absolute atomic E-state index is 11.6. The van der Waals surface area contributed by atoms with Gasteiger partial charge in [-0.2, -0.15) is 5.10 Å². The number of nitrogens with one attached hydrogen (secondary N) is 1. The Balaban J connectivity index is 2.57. The Hall–Kier alpha value is -1.40. The molecule has 6 heteroatoms. The second kappa shape index (κ2) is 6.36. The van der Waals surface area contributed by atoms with Crippen molar-refractivity contribution in [2.24, 2.45) is 12.8 Å². The second-order valence-corrected chi connectivity index (χ2v) is 3.81. The van der Waals surface area contributed by atoms with E-state index >= 15 is 0 Å². The first-order valence-electron chi connectivity index (χ1n) is 5.64. The first-order chi connectivity index (χ1) is 8.12. The summed E-state index contributed by atoms with van der Waals surface area (Å²) in [7, 11) is 3.33. The highest BCUT2D eigenvalue weighted by atomic mass is 16.5. The molecule has 3 N–H and O–H groups in total. The van der Waals surface area contributed by atoms with Crippen LogP contribution in [0.4, 0.5) is 0 Å². The highest BCUT2D eigenvalue weighted by Crippen LogP contribution is 2.06. The third kappa shape index (κ3) is 3.54. The van der Waals surface area contributed by atoms with Gasteiger partial charge in [0, 0.05) is 39.0 Å². The first kappa shape index (κ1) is 13.7. The van der Waals surface area contributed by atoms with Crippen LogP contribution in [-0.2, 0) is 29.5 Å². The van der Waals surface area contributed by atoms with E-state index in [9.17, 15) is 4.79 Å². The van der Waals surface area contributed by atoms with Crippen LogP contribution in [0.5, 0.6) is 0 Å². The SMILES string of the molecule is CCc1nn(C)cc1CNC(=O)C(CN)OC. The number of methoxy groups -OCH3 is 1. The Morgan fingerprint density at radius 1 is 1.71 bits per heavy atom. The maximum Gasteiger partial charge on any atom is 0.250 e. The van der Waals surface area contributed by atoms with E-state index in [0.29, 0.717) is 6.54 Å². The molecule has 0 radical (unpaired) electrons. The van der Waals surface area contributed by atoms with Gasteiger partial charge in [0.1, 0.15) is 6.10 Å². The van der Waals surface area contributed by atoms with Gasteiger partial charge >= 0.3 is 0 Å². The van der Waals surface area contributed by atoms with Crippen molar-refractivity contribution >= 4 is 5.91 Å². The number of amides is 1. The highest BCUT2D eigenvalue weighted by molar-refractivity contribution is 5.80. The van der Waals surface area contributed by atoms with Gasteiger partial charge in [0.25, 0.3) is 5.91 Å². The van der Waals surface area contributed by atoms with Gasteiger partial charge in [0.05, 0.1) is 5.69 Å². The van der Waals surface area contributed by atoms with Crippen molar-refractivity contribution < 1.29 is 9.53 Å². The van der Waals surface area contributed by atoms with Gasteiger partial charge in [-0.25, -0.2) is 0 Å². The molecule has 1 heterocycles. The summed E-state index contributed by atoms with van der Waals surface area (Å²) in [5.74, 6) is -0.194. The number of carbonyl (C=O) groups excluding carboxylic acids is 1. The number of carbonyl (C=O) groups is 1. The maximum atomic E-state index is 11.6. The van der Waals surface area contributed by atoms with Gasteiger partial charge in [-0.3, -0.25) is 9.48 Å². The number of aromatic nitrogens is 2. The second-order valence-electron chi connectivity index (χ2n) is 3.81. The van der Waals surface area contributed by atoms with Crippen LogP contribution in [0.1, 0.15) is 18.2 Å². The number of hydrogen-bond acceptors (Lipinski definition) is 4. The molecule has 96 valence electrons. The van der Waals surface area contributed by atoms with E-state index in [-0.39, 0.29) is 12.5 Å². The van der Waals surface area contributed by atoms with Crippen LogP contribution >= 0.6 is 0 Å². The number of rotatable bonds is 6. The Morgan fingerprint density at radius 2 is 2.41 bits per heavy atom. The van der Waals surface area contributed by atoms with Crippen LogP contribution in [0.3, 0.4) is 0 Å². The van der Waals surface area contributed by atoms with Crippen molar-refractivity contribution in [1.29, 1.82) is 0 Å². The van der Waals surface area contributed by atoms with Crippen LogP contribution in [-0.4, -0.2) is 35.4 Å². The van der Waals surface area contributed by atoms with E-state index < -0.39 is 6.10 Å². The molecule has 0 fully saturated rings. The highest BCUT2D eigenvalue weighted by Gasteiger charge is 2.16. The van der Waals surface area contributed by atoms with E-state index in [2.05, 4.69) is 10.4 Å². The fourth-order valence-electron chi connectivity index (χ4n) is 1.64. The quantitative estimate of drug-likeness (QED) is 0.707. The minimum Gasteiger partial charge on any atom is -0.370 e. The fraction of sp³-hybridized carbons (Fsp3) is 0.636. The van der Waals surface area contributed by atoms with Crippen molar-refractivity contribution in [2.45, 2.75) is 26.0 Å². The summed E-state index contributed by atoms with van der Waals surface area (Å²) >= 11 is 0. The zero-order valence-corrected chi connectivity index (χ0v) is 10.6. The van der Waals surface area contributed by atoms with E-state index in [1.54, 1.807) is 4.68 Å². The normalized spacial score (nSPS) is 12.5. The molecule has 0 bridgehead atoms. The summed E-state index contributed by atoms with van der Waals surface area (Å²) in [6.45, 7) is 2.66. The fourth-order valence-corrected chi connectivity index (χ4v) is 1.64. The molecule has 1 rings (SSSR count). The zero-order valence-electron chi connectivity index (χ0n) is 10.6. The predicted octanol–water partition coefficient (Wildman–Crippen LogP) is -0.428. The Labute approximate surface area is 101 Å². The average molecular weight is 240 g/mol. The summed E-state index contributed by atoms with van der Waals surface area (Å²) < 4.78 is 6.70. The van der Waals surface area contributed by atoms with E-state index in [0.717, 1.165) is 17.7 Å². The molecule has 1 aromatic rings. The molecule has 0 saturated carbocycles. The lowest BCUT2D eigenvalue weighted by molar-refractivity contribution is -0.130. The Morgan fingerprint density at radius 3 is 2.94 bits per heavy atom. The van der Waals surface area contributed by atoms with Crippen LogP contribution in [0.15, 0.2) is 6.20 Å². The minimum absolute atomic E-state index is 0.177. The number of aryl methyl sites for hydroxylation is 2. The van der Waals surface area contributed by atoms with Crippen molar-refractivity contribution in [2.75, 3.05) is 13.7 Å². The van der Waals surface area contributed by atoms with E-state index in [1.807, 2.05) is 20.2 Å². The van der Waals surface area contributed by atoms with Crippen LogP contribution in [0.25, 0.3) is 0 Å². The van der Waals surface area contributed by atoms with Gasteiger partial charge in [-0.05, 0) is 6.42 Å². The van der Waals surface area contributed by atoms with Crippen LogP contribution < -0.4 is 11.1 Å². The molecular weight excluding hydrogens is 220 g/mol. The third-order valence-electron chi connectivity index (χ3n) is 2.57. The number of ether oxygens (including phenoxy) is 1. The molecule has 6 nitrogen and oxygen atoms in total. The Bertz CT molecular complexity index is 372. The van der Waals surface area contributed by atoms with Crippen molar-refractivity contribution in [3.8, 4) is 0 Å². The number of nitrogens with zero attached hydrogens (tertiary/aromatic N) is 2. The smallest absolute Gasteiger partial charge is 0.250 e. The first-order valence-corrected chi connectivity index (χ1v) is 5.64. The molecule has 1 unspecified atom stereocenters. The Kier molecular flexibility index (Phi) is 5.11. The molecule has 0 spiro atoms. The monoisotopic (exact) mass is 240 g/mol. The number of hydrogen-bond donors (Lipinski definition) is 2. The van der Waals surface area contributed by atoms with Gasteiger partial charge in [-0.15, -0.1) is 0 Å². The molecule has 0 aliphatic carbocycles. The average Bonchev–Trinajstić information content (AvgIpc) is 2.68. The third-order valence-corrected chi connectivity index (χ3v) is 2.57. The van der Waals surface area contributed by atoms with Crippen LogP contribution in [0.2, 0.25) is 0 Å². The molecule has 0 aliphatic heterocycles. The molecule has 0 aromatic carbocycles. The lowest BCUT2D eigenvalue weighted by atomic mass is 10.2. The van der Waals surface area contributed by atoms with Crippen molar-refractivity contribution in [3.05, 3.63) is 17.5 Å². The van der Waals surface area contributed by atoms with Crippen LogP contribution in [0, 0.1) is 0 Å². The molecule has 17 heavy (non-hydrogen) atoms. The van der Waals surface area contributed by atoms with Gasteiger partial charge in [-0.1, -0.05) is 6.92 Å². The van der Waals surface area contributed by atoms with Crippen molar-refractivity contribution in [1.82, 2.24) is 15.1 Å². The lowest BCUT2D eigenvalue weighted by Crippen LogP contribution is -2.40. The molecule has 1 aromatic heterocycles. The summed E-state index contributed by atoms with van der Waals surface area (Å²) in [5, 5.41) is 7.09. The lowest BCUT2D eigenvalue weighted by Gasteiger charge is -2.12. The molecule has 0 aliphatic rings. The largest absolute Gasteiger partial charge is 0.370 e. The van der Waals surface area contributed by atoms with Gasteiger partial charge < -0.3 is 15.8 Å². The minimum atomic E-state index is -0.586. The van der Waals surface area contributed by atoms with Gasteiger partial charge in [0.2, 0.25) is 0 Å². The summed E-state index contributed by atoms with van der Waals surface area (Å²) in [6.07, 6.45) is 2.16. The predicted molar refractivity (Wildman–Crippen MR) is 64.3 cm³/mol. The summed E-state index contributed by atoms with van der Waals surface area (Å²) in [5.41, 5.74) is 7.43. The molecule has 0 saturated heterocycles. The standard InChI is InChI=1S/C11H20N4O2/c1-4-9-8(7-15(2)14-9)6-13-11(16)10(5-12)17-3/h7,10H,4-6,12H2,1-3H3,(H,13,16). The zero-order chi connectivity index (χ0) is 12.8. The van der Waals surface area contributed by atoms with Gasteiger partial charge in [0.15, 0.2) is 0 Å². The molecule has 1 atom stereocenters. The van der Waals surface area contributed by atoms with E-state index in [4.69, 9.17) is 10.5 Å². The molecular formula is C11H20N4O2. The van der Waals surface area contributed by atoms with E-state index in [1.165, 1.54) is 7.11 Å².